The summed E-state index contributed by atoms with van der Waals surface area (Å²) in [5, 5.41) is 10.4. The summed E-state index contributed by atoms with van der Waals surface area (Å²) in [6, 6.07) is 15.3. The van der Waals surface area contributed by atoms with E-state index in [2.05, 4.69) is 9.97 Å². The van der Waals surface area contributed by atoms with Crippen molar-refractivity contribution in [1.82, 2.24) is 15.0 Å². The van der Waals surface area contributed by atoms with E-state index < -0.39 is 0 Å². The summed E-state index contributed by atoms with van der Waals surface area (Å²) in [6.07, 6.45) is 2.07. The van der Waals surface area contributed by atoms with Crippen molar-refractivity contribution in [2.75, 3.05) is 17.7 Å². The Labute approximate surface area is 212 Å². The third-order valence-corrected chi connectivity index (χ3v) is 7.01. The number of ether oxygens (including phenoxy) is 1. The third kappa shape index (κ3) is 4.67. The van der Waals surface area contributed by atoms with E-state index in [0.29, 0.717) is 45.7 Å². The lowest BCUT2D eigenvalue weighted by atomic mass is 9.99. The van der Waals surface area contributed by atoms with Crippen LogP contribution in [0.5, 0.6) is 11.6 Å². The minimum atomic E-state index is -0.357. The number of amides is 1. The fraction of sp³-hybridized carbons (Fsp3) is 0.185. The van der Waals surface area contributed by atoms with E-state index in [4.69, 9.17) is 9.72 Å². The van der Waals surface area contributed by atoms with Crippen LogP contribution >= 0.6 is 11.8 Å². The molecule has 0 bridgehead atoms. The van der Waals surface area contributed by atoms with Crippen LogP contribution in [-0.4, -0.2) is 38.8 Å². The molecule has 2 aromatic carbocycles. The number of halogens is 1. The number of aliphatic hydroxyl groups is 1. The molecule has 1 amide bonds. The van der Waals surface area contributed by atoms with Crippen LogP contribution in [0.25, 0.3) is 11.4 Å². The fourth-order valence-corrected chi connectivity index (χ4v) is 4.90. The first-order valence-corrected chi connectivity index (χ1v) is 12.3. The maximum Gasteiger partial charge on any atom is 0.237 e. The highest BCUT2D eigenvalue weighted by Crippen LogP contribution is 2.42. The first kappa shape index (κ1) is 23.9. The van der Waals surface area contributed by atoms with E-state index in [1.54, 1.807) is 30.3 Å². The molecule has 2 aromatic heterocycles. The number of rotatable bonds is 6. The molecule has 0 fully saturated rings. The van der Waals surface area contributed by atoms with Crippen molar-refractivity contribution >= 4 is 23.4 Å². The Kier molecular flexibility index (Phi) is 6.67. The average Bonchev–Trinajstić information content (AvgIpc) is 2.91. The first-order valence-electron chi connectivity index (χ1n) is 11.3. The predicted octanol–water partition coefficient (Wildman–Crippen LogP) is 4.93. The Bertz CT molecular complexity index is 1430. The summed E-state index contributed by atoms with van der Waals surface area (Å²) in [4.78, 5) is 28.3. The van der Waals surface area contributed by atoms with Gasteiger partial charge in [-0.1, -0.05) is 30.0 Å². The number of pyridine rings is 1. The monoisotopic (exact) mass is 502 g/mol. The normalized spacial score (nSPS) is 11.9. The van der Waals surface area contributed by atoms with E-state index in [1.807, 2.05) is 37.3 Å². The molecule has 7 nitrogen and oxygen atoms in total. The maximum absolute atomic E-state index is 13.5. The molecule has 1 N–H and O–H groups in total. The molecule has 3 heterocycles. The smallest absolute Gasteiger partial charge is 0.237 e. The molecule has 0 saturated heterocycles. The summed E-state index contributed by atoms with van der Waals surface area (Å²) in [6.45, 7) is 1.66. The van der Waals surface area contributed by atoms with Crippen molar-refractivity contribution in [1.29, 1.82) is 0 Å². The zero-order chi connectivity index (χ0) is 25.2. The van der Waals surface area contributed by atoms with Gasteiger partial charge in [-0.3, -0.25) is 9.78 Å². The molecule has 0 atom stereocenters. The number of nitrogens with zero attached hydrogens (tertiary/aromatic N) is 4. The second kappa shape index (κ2) is 10.0. The summed E-state index contributed by atoms with van der Waals surface area (Å²) in [5.41, 5.74) is 4.33. The minimum absolute atomic E-state index is 0.0879. The number of hydrogen-bond acceptors (Lipinski definition) is 7. The Hall–Kier alpha value is -3.82. The van der Waals surface area contributed by atoms with Gasteiger partial charge >= 0.3 is 0 Å². The number of anilines is 1. The lowest BCUT2D eigenvalue weighted by molar-refractivity contribution is -0.115. The highest BCUT2D eigenvalue weighted by Gasteiger charge is 2.28. The van der Waals surface area contributed by atoms with Gasteiger partial charge in [-0.05, 0) is 43.3 Å². The van der Waals surface area contributed by atoms with Gasteiger partial charge in [0.1, 0.15) is 10.8 Å². The molecule has 5 rings (SSSR count). The number of carbonyl (C=O) groups is 1. The first-order chi connectivity index (χ1) is 17.4. The lowest BCUT2D eigenvalue weighted by Crippen LogP contribution is -2.28. The van der Waals surface area contributed by atoms with Crippen LogP contribution in [0.2, 0.25) is 0 Å². The topological polar surface area (TPSA) is 88.4 Å². The molecular formula is C27H23FN4O3S. The van der Waals surface area contributed by atoms with Gasteiger partial charge in [0, 0.05) is 42.0 Å². The van der Waals surface area contributed by atoms with Gasteiger partial charge in [0.25, 0.3) is 0 Å². The molecule has 0 radical (unpaired) electrons. The highest BCUT2D eigenvalue weighted by atomic mass is 32.2. The van der Waals surface area contributed by atoms with E-state index in [0.717, 1.165) is 16.8 Å². The minimum Gasteiger partial charge on any atom is -0.436 e. The van der Waals surface area contributed by atoms with Crippen molar-refractivity contribution < 1.29 is 19.0 Å². The standard InChI is InChI=1S/C27H23FN4O3S/c1-16-24-21(18(14-33)13-29-16)12-22-26(35-24)30-25(17-8-10-19(28)11-9-17)31-27(22)36-15-23(34)32(2)20-6-4-3-5-7-20/h3-11,13,33H,12,14-15H2,1-2H3. The number of aliphatic hydroxyl groups excluding tert-OH is 1. The number of para-hydroxylation sites is 1. The van der Waals surface area contributed by atoms with Crippen molar-refractivity contribution in [3.8, 4) is 23.0 Å². The zero-order valence-corrected chi connectivity index (χ0v) is 20.6. The number of aryl methyl sites for hydroxylation is 1. The van der Waals surface area contributed by atoms with Gasteiger partial charge in [-0.15, -0.1) is 0 Å². The summed E-state index contributed by atoms with van der Waals surface area (Å²) in [5.74, 6) is 0.996. The van der Waals surface area contributed by atoms with Gasteiger partial charge in [0.2, 0.25) is 11.8 Å². The van der Waals surface area contributed by atoms with Crippen LogP contribution in [0.15, 0.2) is 65.8 Å². The van der Waals surface area contributed by atoms with Gasteiger partial charge in [0.05, 0.1) is 23.6 Å². The second-order valence-corrected chi connectivity index (χ2v) is 9.30. The fourth-order valence-electron chi connectivity index (χ4n) is 3.96. The number of benzene rings is 2. The molecule has 1 aliphatic rings. The lowest BCUT2D eigenvalue weighted by Gasteiger charge is -2.24. The SMILES string of the molecule is Cc1ncc(CO)c2c1Oc1nc(-c3ccc(F)cc3)nc(SCC(=O)N(C)c3ccccc3)c1C2. The van der Waals surface area contributed by atoms with Crippen LogP contribution in [0, 0.1) is 12.7 Å². The third-order valence-electron chi connectivity index (χ3n) is 6.01. The Morgan fingerprint density at radius 3 is 2.58 bits per heavy atom. The summed E-state index contributed by atoms with van der Waals surface area (Å²) >= 11 is 1.30. The number of fused-ring (bicyclic) bond motifs is 2. The van der Waals surface area contributed by atoms with Gasteiger partial charge < -0.3 is 14.7 Å². The van der Waals surface area contributed by atoms with Crippen LogP contribution < -0.4 is 9.64 Å². The molecule has 4 aromatic rings. The van der Waals surface area contributed by atoms with E-state index in [1.165, 1.54) is 23.9 Å². The van der Waals surface area contributed by atoms with Crippen LogP contribution in [0.4, 0.5) is 10.1 Å². The summed E-state index contributed by atoms with van der Waals surface area (Å²) in [7, 11) is 1.74. The zero-order valence-electron chi connectivity index (χ0n) is 19.7. The van der Waals surface area contributed by atoms with Crippen LogP contribution in [-0.2, 0) is 17.8 Å². The number of hydrogen-bond donors (Lipinski definition) is 1. The van der Waals surface area contributed by atoms with Gasteiger partial charge in [-0.25, -0.2) is 9.37 Å². The quantitative estimate of drug-likeness (QED) is 0.260. The van der Waals surface area contributed by atoms with Crippen molar-refractivity contribution in [2.24, 2.45) is 0 Å². The Balaban J connectivity index is 1.51. The summed E-state index contributed by atoms with van der Waals surface area (Å²) < 4.78 is 19.7. The molecule has 0 saturated carbocycles. The molecule has 182 valence electrons. The molecule has 1 aliphatic heterocycles. The number of thioether (sulfide) groups is 1. The van der Waals surface area contributed by atoms with Crippen molar-refractivity contribution in [3.63, 3.8) is 0 Å². The van der Waals surface area contributed by atoms with E-state index in [-0.39, 0.29) is 24.1 Å². The number of carbonyl (C=O) groups excluding carboxylic acids is 1. The average molecular weight is 503 g/mol. The second-order valence-electron chi connectivity index (χ2n) is 8.33. The van der Waals surface area contributed by atoms with Gasteiger partial charge in [0.15, 0.2) is 11.6 Å². The molecule has 0 aliphatic carbocycles. The van der Waals surface area contributed by atoms with Crippen molar-refractivity contribution in [3.05, 3.63) is 89.0 Å². The largest absolute Gasteiger partial charge is 0.436 e. The predicted molar refractivity (Wildman–Crippen MR) is 136 cm³/mol. The Morgan fingerprint density at radius 1 is 1.11 bits per heavy atom. The molecule has 9 heteroatoms. The Morgan fingerprint density at radius 2 is 1.86 bits per heavy atom. The van der Waals surface area contributed by atoms with Crippen LogP contribution in [0.1, 0.15) is 22.4 Å². The maximum atomic E-state index is 13.5. The van der Waals surface area contributed by atoms with Gasteiger partial charge in [-0.2, -0.15) is 4.98 Å². The van der Waals surface area contributed by atoms with E-state index >= 15 is 0 Å². The van der Waals surface area contributed by atoms with Crippen LogP contribution in [0.3, 0.4) is 0 Å². The molecule has 0 unspecified atom stereocenters. The number of aromatic nitrogens is 3. The van der Waals surface area contributed by atoms with Crippen molar-refractivity contribution in [2.45, 2.75) is 25.0 Å². The highest BCUT2D eigenvalue weighted by molar-refractivity contribution is 8.00. The molecular weight excluding hydrogens is 479 g/mol. The molecule has 36 heavy (non-hydrogen) atoms. The van der Waals surface area contributed by atoms with E-state index in [9.17, 15) is 14.3 Å². The molecule has 0 spiro atoms.